The van der Waals surface area contributed by atoms with Crippen molar-refractivity contribution in [3.63, 3.8) is 0 Å². The van der Waals surface area contributed by atoms with Crippen LogP contribution >= 0.6 is 0 Å². The predicted molar refractivity (Wildman–Crippen MR) is 139 cm³/mol. The van der Waals surface area contributed by atoms with Crippen molar-refractivity contribution in [2.24, 2.45) is 16.1 Å². The first-order valence-electron chi connectivity index (χ1n) is 12.1. The molecule has 0 unspecified atom stereocenters. The van der Waals surface area contributed by atoms with Crippen LogP contribution in [0.5, 0.6) is 0 Å². The van der Waals surface area contributed by atoms with Crippen LogP contribution in [-0.4, -0.2) is 42.3 Å². The van der Waals surface area contributed by atoms with Gasteiger partial charge in [0.1, 0.15) is 16.4 Å². The Balaban J connectivity index is 1.63. The van der Waals surface area contributed by atoms with E-state index in [1.54, 1.807) is 18.2 Å². The maximum Gasteiger partial charge on any atom is 0.246 e. The molecule has 0 radical (unpaired) electrons. The second-order valence-corrected chi connectivity index (χ2v) is 11.3. The number of rotatable bonds is 5. The second-order valence-electron chi connectivity index (χ2n) is 9.40. The van der Waals surface area contributed by atoms with E-state index in [1.165, 1.54) is 42.7 Å². The van der Waals surface area contributed by atoms with Crippen LogP contribution in [0.15, 0.2) is 94.1 Å². The van der Waals surface area contributed by atoms with Crippen molar-refractivity contribution >= 4 is 27.2 Å². The summed E-state index contributed by atoms with van der Waals surface area (Å²) >= 11 is 0. The van der Waals surface area contributed by atoms with E-state index in [4.69, 9.17) is 5.73 Å². The Morgan fingerprint density at radius 3 is 2.45 bits per heavy atom. The number of allylic oxidation sites excluding steroid dienone is 2. The smallest absolute Gasteiger partial charge is 0.246 e. The molecule has 0 bridgehead atoms. The van der Waals surface area contributed by atoms with Gasteiger partial charge in [0, 0.05) is 19.3 Å². The second kappa shape index (κ2) is 10.4. The number of Topliss-reactive ketones (excluding diaryl/α,β-unsaturated/α-hetero) is 1. The minimum Gasteiger partial charge on any atom is -0.404 e. The summed E-state index contributed by atoms with van der Waals surface area (Å²) in [6.07, 6.45) is 4.30. The number of aromatic nitrogens is 1. The number of hydrogen-bond donors (Lipinski definition) is 1. The van der Waals surface area contributed by atoms with Crippen molar-refractivity contribution < 1.29 is 30.8 Å². The third kappa shape index (κ3) is 4.73. The molecule has 206 valence electrons. The number of hydrogen-bond acceptors (Lipinski definition) is 6. The molecule has 0 amide bonds. The Labute approximate surface area is 227 Å². The molecule has 1 saturated heterocycles. The van der Waals surface area contributed by atoms with E-state index in [2.05, 4.69) is 9.98 Å². The van der Waals surface area contributed by atoms with E-state index in [1.807, 2.05) is 0 Å². The Hall–Kier alpha value is -4.16. The molecule has 0 spiro atoms. The quantitative estimate of drug-likeness (QED) is 0.268. The van der Waals surface area contributed by atoms with Crippen LogP contribution in [0.25, 0.3) is 0 Å². The topological polar surface area (TPSA) is 106 Å². The van der Waals surface area contributed by atoms with Crippen LogP contribution in [0.3, 0.4) is 0 Å². The van der Waals surface area contributed by atoms with Crippen molar-refractivity contribution in [1.29, 1.82) is 0 Å². The van der Waals surface area contributed by atoms with Crippen molar-refractivity contribution in [2.75, 3.05) is 13.1 Å². The normalized spacial score (nSPS) is 21.8. The number of nitrogens with two attached hydrogens (primary N) is 1. The van der Waals surface area contributed by atoms with Crippen LogP contribution in [0.2, 0.25) is 0 Å². The average molecular weight is 571 g/mol. The molecular weight excluding hydrogens is 548 g/mol. The maximum atomic E-state index is 14.6. The fourth-order valence-electron chi connectivity index (χ4n) is 5.01. The van der Waals surface area contributed by atoms with Crippen LogP contribution in [-0.2, 0) is 10.0 Å². The maximum absolute atomic E-state index is 14.6. The van der Waals surface area contributed by atoms with Gasteiger partial charge in [-0.3, -0.25) is 9.78 Å². The van der Waals surface area contributed by atoms with Crippen molar-refractivity contribution in [3.05, 3.63) is 113 Å². The number of halogens is 4. The van der Waals surface area contributed by atoms with Gasteiger partial charge >= 0.3 is 0 Å². The lowest BCUT2D eigenvalue weighted by molar-refractivity contribution is 0.0770. The lowest BCUT2D eigenvalue weighted by Crippen LogP contribution is -2.53. The Morgan fingerprint density at radius 1 is 1.02 bits per heavy atom. The van der Waals surface area contributed by atoms with Gasteiger partial charge in [0.2, 0.25) is 10.0 Å². The number of aliphatic imine (C=N–C) groups is 1. The van der Waals surface area contributed by atoms with Crippen molar-refractivity contribution in [2.45, 2.75) is 17.7 Å². The predicted octanol–water partition coefficient (Wildman–Crippen LogP) is 4.85. The summed E-state index contributed by atoms with van der Waals surface area (Å²) in [6.45, 7) is -0.606. The summed E-state index contributed by atoms with van der Waals surface area (Å²) in [5, 5.41) is 0. The Bertz CT molecular complexity index is 1690. The van der Waals surface area contributed by atoms with Gasteiger partial charge in [-0.15, -0.1) is 0 Å². The van der Waals surface area contributed by atoms with Gasteiger partial charge in [-0.2, -0.15) is 4.31 Å². The molecule has 2 N–H and O–H groups in total. The summed E-state index contributed by atoms with van der Waals surface area (Å²) in [4.78, 5) is 21.7. The number of ketones is 1. The van der Waals surface area contributed by atoms with Crippen LogP contribution in [0.4, 0.5) is 23.2 Å². The fourth-order valence-corrected chi connectivity index (χ4v) is 6.57. The zero-order valence-electron chi connectivity index (χ0n) is 20.8. The molecule has 1 aromatic heterocycles. The number of carbonyl (C=O) groups is 1. The zero-order chi connectivity index (χ0) is 28.7. The summed E-state index contributed by atoms with van der Waals surface area (Å²) < 4.78 is 83.3. The number of carbonyl (C=O) groups excluding carboxylic acids is 1. The summed E-state index contributed by atoms with van der Waals surface area (Å²) in [5.41, 5.74) is 6.32. The molecule has 1 aliphatic carbocycles. The Morgan fingerprint density at radius 2 is 1.77 bits per heavy atom. The lowest BCUT2D eigenvalue weighted by atomic mass is 9.64. The standard InChI is InChI=1S/C28H22F4N4O3S/c29-19-4-6-20(7-5-19)35-23-13-18-10-12-36(40(38,39)24-9-8-21(30)25(31)26(24)32)16-28(18,14-17(23)15-33)27(37)22-3-1-2-11-34-22/h1-9,11,13,15H,10,12,14,16,33H2/b17-15-,35-23?/t28-/m0/s1. The third-order valence-corrected chi connectivity index (χ3v) is 8.91. The first-order chi connectivity index (χ1) is 19.1. The van der Waals surface area contributed by atoms with E-state index in [9.17, 15) is 30.8 Å². The molecule has 12 heteroatoms. The molecule has 40 heavy (non-hydrogen) atoms. The number of pyridine rings is 1. The largest absolute Gasteiger partial charge is 0.404 e. The van der Waals surface area contributed by atoms with E-state index < -0.39 is 55.9 Å². The molecule has 5 rings (SSSR count). The van der Waals surface area contributed by atoms with E-state index in [-0.39, 0.29) is 25.1 Å². The van der Waals surface area contributed by atoms with Gasteiger partial charge in [0.15, 0.2) is 23.2 Å². The van der Waals surface area contributed by atoms with Gasteiger partial charge in [-0.25, -0.2) is 31.0 Å². The highest BCUT2D eigenvalue weighted by atomic mass is 32.2. The number of piperidine rings is 1. The zero-order valence-corrected chi connectivity index (χ0v) is 21.6. The highest BCUT2D eigenvalue weighted by molar-refractivity contribution is 7.89. The monoisotopic (exact) mass is 570 g/mol. The molecule has 1 atom stereocenters. The minimum absolute atomic E-state index is 0.0450. The molecule has 2 aliphatic rings. The molecule has 1 aliphatic heterocycles. The number of sulfonamides is 1. The summed E-state index contributed by atoms with van der Waals surface area (Å²) in [5.74, 6) is -6.21. The van der Waals surface area contributed by atoms with Crippen LogP contribution < -0.4 is 5.73 Å². The molecule has 2 aromatic carbocycles. The van der Waals surface area contributed by atoms with E-state index >= 15 is 0 Å². The van der Waals surface area contributed by atoms with Gasteiger partial charge in [-0.1, -0.05) is 11.6 Å². The number of nitrogens with zero attached hydrogens (tertiary/aromatic N) is 3. The highest BCUT2D eigenvalue weighted by Gasteiger charge is 2.51. The molecule has 2 heterocycles. The van der Waals surface area contributed by atoms with Crippen LogP contribution in [0, 0.1) is 28.7 Å². The van der Waals surface area contributed by atoms with Gasteiger partial charge < -0.3 is 5.73 Å². The SMILES string of the molecule is N/C=C1/C[C@]2(C(=O)c3ccccn3)CN(S(=O)(=O)c3ccc(F)c(F)c3F)CCC2=CC1=Nc1ccc(F)cc1. The van der Waals surface area contributed by atoms with Gasteiger partial charge in [0.05, 0.1) is 16.8 Å². The highest BCUT2D eigenvalue weighted by Crippen LogP contribution is 2.47. The van der Waals surface area contributed by atoms with Crippen molar-refractivity contribution in [1.82, 2.24) is 9.29 Å². The van der Waals surface area contributed by atoms with Crippen molar-refractivity contribution in [3.8, 4) is 0 Å². The first-order valence-corrected chi connectivity index (χ1v) is 13.6. The fraction of sp³-hybridized carbons (Fsp3) is 0.179. The van der Waals surface area contributed by atoms with Gasteiger partial charge in [0.25, 0.3) is 0 Å². The number of fused-ring (bicyclic) bond motifs is 1. The molecule has 0 saturated carbocycles. The molecule has 3 aromatic rings. The van der Waals surface area contributed by atoms with Gasteiger partial charge in [-0.05, 0) is 79.2 Å². The first kappa shape index (κ1) is 27.4. The van der Waals surface area contributed by atoms with E-state index in [0.29, 0.717) is 34.7 Å². The number of benzene rings is 2. The molecular formula is C28H22F4N4O3S. The summed E-state index contributed by atoms with van der Waals surface area (Å²) in [7, 11) is -4.69. The van der Waals surface area contributed by atoms with Crippen LogP contribution in [0.1, 0.15) is 23.3 Å². The lowest BCUT2D eigenvalue weighted by Gasteiger charge is -2.45. The van der Waals surface area contributed by atoms with E-state index in [0.717, 1.165) is 4.31 Å². The third-order valence-electron chi connectivity index (χ3n) is 7.05. The summed E-state index contributed by atoms with van der Waals surface area (Å²) in [6, 6.07) is 11.3. The molecule has 7 nitrogen and oxygen atoms in total. The average Bonchev–Trinajstić information content (AvgIpc) is 2.96. The Kier molecular flexibility index (Phi) is 7.15. The molecule has 1 fully saturated rings. The minimum atomic E-state index is -4.69.